The van der Waals surface area contributed by atoms with E-state index in [1.807, 2.05) is 0 Å². The Morgan fingerprint density at radius 1 is 1.40 bits per heavy atom. The molecule has 20 heavy (non-hydrogen) atoms. The van der Waals surface area contributed by atoms with Gasteiger partial charge < -0.3 is 4.84 Å². The third-order valence-electron chi connectivity index (χ3n) is 2.68. The summed E-state index contributed by atoms with van der Waals surface area (Å²) in [5.74, 6) is -1.96. The number of imide groups is 1. The van der Waals surface area contributed by atoms with Crippen molar-refractivity contribution in [3.63, 3.8) is 0 Å². The standard InChI is InChI=1S/C11H17NO7S/c1-2-3-4-5-6-10(14)17-12-9(13)7-8(11(12)15)20-19-18-16/h8,16H,2-7H2,1H3. The van der Waals surface area contributed by atoms with E-state index in [0.29, 0.717) is 23.5 Å². The van der Waals surface area contributed by atoms with Gasteiger partial charge in [0, 0.05) is 18.5 Å². The Labute approximate surface area is 120 Å². The van der Waals surface area contributed by atoms with Gasteiger partial charge in [0.15, 0.2) is 0 Å². The molecule has 8 nitrogen and oxygen atoms in total. The van der Waals surface area contributed by atoms with E-state index >= 15 is 0 Å². The van der Waals surface area contributed by atoms with Crippen molar-refractivity contribution in [2.75, 3.05) is 0 Å². The molecule has 0 aromatic rings. The molecular weight excluding hydrogens is 290 g/mol. The molecule has 1 aliphatic heterocycles. The molecule has 1 unspecified atom stereocenters. The summed E-state index contributed by atoms with van der Waals surface area (Å²) in [6, 6.07) is 0. The molecule has 0 aromatic heterocycles. The Morgan fingerprint density at radius 2 is 2.15 bits per heavy atom. The Balaban J connectivity index is 2.37. The number of hydroxylamine groups is 2. The summed E-state index contributed by atoms with van der Waals surface area (Å²) >= 11 is 0.476. The largest absolute Gasteiger partial charge is 0.333 e. The summed E-state index contributed by atoms with van der Waals surface area (Å²) in [6.07, 6.45) is 3.59. The summed E-state index contributed by atoms with van der Waals surface area (Å²) < 4.78 is 4.11. The molecule has 0 spiro atoms. The molecule has 1 heterocycles. The summed E-state index contributed by atoms with van der Waals surface area (Å²) in [7, 11) is 0. The van der Waals surface area contributed by atoms with Crippen LogP contribution >= 0.6 is 12.0 Å². The number of nitrogens with zero attached hydrogens (tertiary/aromatic N) is 1. The number of carbonyl (C=O) groups is 3. The van der Waals surface area contributed by atoms with Crippen LogP contribution in [0.25, 0.3) is 0 Å². The first-order valence-electron chi connectivity index (χ1n) is 6.31. The molecule has 0 aliphatic carbocycles. The monoisotopic (exact) mass is 307 g/mol. The topological polar surface area (TPSA) is 102 Å². The van der Waals surface area contributed by atoms with Crippen LogP contribution in [0.4, 0.5) is 0 Å². The van der Waals surface area contributed by atoms with Gasteiger partial charge >= 0.3 is 5.97 Å². The zero-order valence-electron chi connectivity index (χ0n) is 11.1. The molecule has 1 aliphatic rings. The van der Waals surface area contributed by atoms with E-state index in [0.717, 1.165) is 19.3 Å². The summed E-state index contributed by atoms with van der Waals surface area (Å²) in [6.45, 7) is 2.05. The molecule has 1 N–H and O–H groups in total. The molecule has 0 radical (unpaired) electrons. The van der Waals surface area contributed by atoms with Gasteiger partial charge in [-0.05, 0) is 6.42 Å². The number of carbonyl (C=O) groups excluding carboxylic acids is 3. The van der Waals surface area contributed by atoms with Gasteiger partial charge in [-0.2, -0.15) is 0 Å². The van der Waals surface area contributed by atoms with Gasteiger partial charge in [0.05, 0.1) is 6.42 Å². The smallest absolute Gasteiger partial charge is 0.330 e. The molecular formula is C11H17NO7S. The first kappa shape index (κ1) is 16.9. The molecule has 0 bridgehead atoms. The van der Waals surface area contributed by atoms with E-state index in [-0.39, 0.29) is 12.8 Å². The number of unbranched alkanes of at least 4 members (excludes halogenated alkanes) is 3. The van der Waals surface area contributed by atoms with Crippen LogP contribution in [0, 0.1) is 0 Å². The van der Waals surface area contributed by atoms with E-state index in [9.17, 15) is 14.4 Å². The highest BCUT2D eigenvalue weighted by molar-refractivity contribution is 7.96. The Kier molecular flexibility index (Phi) is 7.52. The fourth-order valence-corrected chi connectivity index (χ4v) is 2.18. The van der Waals surface area contributed by atoms with Crippen LogP contribution in [0.1, 0.15) is 45.4 Å². The van der Waals surface area contributed by atoms with Crippen molar-refractivity contribution >= 4 is 29.8 Å². The maximum Gasteiger partial charge on any atom is 0.333 e. The first-order valence-corrected chi connectivity index (χ1v) is 7.11. The van der Waals surface area contributed by atoms with Crippen molar-refractivity contribution in [3.05, 3.63) is 0 Å². The van der Waals surface area contributed by atoms with Crippen molar-refractivity contribution in [1.29, 1.82) is 0 Å². The number of hydrogen-bond acceptors (Lipinski definition) is 8. The van der Waals surface area contributed by atoms with Gasteiger partial charge in [-0.25, -0.2) is 10.1 Å². The molecule has 1 saturated heterocycles. The molecule has 0 aromatic carbocycles. The lowest BCUT2D eigenvalue weighted by Crippen LogP contribution is -2.33. The minimum Gasteiger partial charge on any atom is -0.330 e. The second-order valence-electron chi connectivity index (χ2n) is 4.23. The maximum absolute atomic E-state index is 11.7. The minimum atomic E-state index is -0.900. The highest BCUT2D eigenvalue weighted by atomic mass is 32.2. The highest BCUT2D eigenvalue weighted by Crippen LogP contribution is 2.26. The summed E-state index contributed by atoms with van der Waals surface area (Å²) in [5, 5.41) is 10.9. The van der Waals surface area contributed by atoms with Crippen LogP contribution in [0.3, 0.4) is 0 Å². The van der Waals surface area contributed by atoms with Crippen molar-refractivity contribution in [2.45, 2.75) is 50.7 Å². The maximum atomic E-state index is 11.7. The van der Waals surface area contributed by atoms with Gasteiger partial charge in [-0.3, -0.25) is 9.59 Å². The van der Waals surface area contributed by atoms with E-state index in [4.69, 9.17) is 10.1 Å². The number of hydrogen-bond donors (Lipinski definition) is 1. The average molecular weight is 307 g/mol. The van der Waals surface area contributed by atoms with E-state index in [1.54, 1.807) is 0 Å². The first-order chi connectivity index (χ1) is 9.60. The lowest BCUT2D eigenvalue weighted by molar-refractivity contribution is -0.432. The summed E-state index contributed by atoms with van der Waals surface area (Å²) in [5.41, 5.74) is 0. The fourth-order valence-electron chi connectivity index (χ4n) is 1.66. The molecule has 1 rings (SSSR count). The van der Waals surface area contributed by atoms with Gasteiger partial charge in [0.1, 0.15) is 5.25 Å². The van der Waals surface area contributed by atoms with E-state index < -0.39 is 23.0 Å². The molecule has 2 amide bonds. The van der Waals surface area contributed by atoms with Crippen LogP contribution in [-0.2, 0) is 28.6 Å². The van der Waals surface area contributed by atoms with Crippen LogP contribution < -0.4 is 0 Å². The molecule has 114 valence electrons. The van der Waals surface area contributed by atoms with Crippen molar-refractivity contribution in [2.24, 2.45) is 0 Å². The minimum absolute atomic E-state index is 0.158. The zero-order chi connectivity index (χ0) is 15.0. The molecule has 1 fully saturated rings. The Bertz CT molecular complexity index is 363. The van der Waals surface area contributed by atoms with Gasteiger partial charge in [0.25, 0.3) is 11.8 Å². The van der Waals surface area contributed by atoms with Crippen LogP contribution in [0.2, 0.25) is 0 Å². The quantitative estimate of drug-likeness (QED) is 0.225. The zero-order valence-corrected chi connectivity index (χ0v) is 11.9. The highest BCUT2D eigenvalue weighted by Gasteiger charge is 2.43. The predicted octanol–water partition coefficient (Wildman–Crippen LogP) is 1.61. The number of amides is 2. The van der Waals surface area contributed by atoms with Gasteiger partial charge in [0.2, 0.25) is 0 Å². The second-order valence-corrected chi connectivity index (χ2v) is 5.13. The normalized spacial score (nSPS) is 18.7. The van der Waals surface area contributed by atoms with Crippen LogP contribution in [-0.4, -0.2) is 33.4 Å². The number of rotatable bonds is 9. The van der Waals surface area contributed by atoms with Crippen LogP contribution in [0.5, 0.6) is 0 Å². The third kappa shape index (κ3) is 5.08. The van der Waals surface area contributed by atoms with E-state index in [1.165, 1.54) is 0 Å². The van der Waals surface area contributed by atoms with Crippen molar-refractivity contribution in [3.8, 4) is 0 Å². The lowest BCUT2D eigenvalue weighted by Gasteiger charge is -2.13. The van der Waals surface area contributed by atoms with Gasteiger partial charge in [-0.15, -0.1) is 9.40 Å². The Hall–Kier alpha value is -1.16. The van der Waals surface area contributed by atoms with Gasteiger partial charge in [-0.1, -0.05) is 31.2 Å². The fraction of sp³-hybridized carbons (Fsp3) is 0.727. The van der Waals surface area contributed by atoms with Crippen molar-refractivity contribution in [1.82, 2.24) is 5.06 Å². The van der Waals surface area contributed by atoms with E-state index in [2.05, 4.69) is 16.3 Å². The second kappa shape index (κ2) is 8.90. The SMILES string of the molecule is CCCCCCC(=O)ON1C(=O)CC(SOOO)C1=O. The average Bonchev–Trinajstić information content (AvgIpc) is 2.69. The Morgan fingerprint density at radius 3 is 2.80 bits per heavy atom. The molecule has 1 atom stereocenters. The molecule has 0 saturated carbocycles. The van der Waals surface area contributed by atoms with Crippen LogP contribution in [0.15, 0.2) is 0 Å². The predicted molar refractivity (Wildman–Crippen MR) is 67.5 cm³/mol. The van der Waals surface area contributed by atoms with Crippen molar-refractivity contribution < 1.29 is 33.9 Å². The third-order valence-corrected chi connectivity index (χ3v) is 3.42. The molecule has 9 heteroatoms. The summed E-state index contributed by atoms with van der Waals surface area (Å²) in [4.78, 5) is 39.5. The lowest BCUT2D eigenvalue weighted by atomic mass is 10.2.